The molecule has 5 aliphatic rings. The Morgan fingerprint density at radius 1 is 0.929 bits per heavy atom. The maximum atomic E-state index is 14.1. The molecule has 0 aliphatic heterocycles. The van der Waals surface area contributed by atoms with Crippen molar-refractivity contribution in [2.24, 2.45) is 50.2 Å². The molecule has 0 saturated heterocycles. The number of methoxy groups -OCH3 is 1. The number of carbonyl (C=O) groups excluding carboxylic acids is 2. The van der Waals surface area contributed by atoms with Gasteiger partial charge in [-0.15, -0.1) is 0 Å². The van der Waals surface area contributed by atoms with Gasteiger partial charge in [0, 0.05) is 11.0 Å². The summed E-state index contributed by atoms with van der Waals surface area (Å²) in [5.41, 5.74) is 3.09. The van der Waals surface area contributed by atoms with Crippen molar-refractivity contribution < 1.29 is 14.3 Å². The highest BCUT2D eigenvalue weighted by Gasteiger charge is 2.69. The van der Waals surface area contributed by atoms with E-state index in [2.05, 4.69) is 66.7 Å². The largest absolute Gasteiger partial charge is 0.469 e. The van der Waals surface area contributed by atoms with Gasteiger partial charge < -0.3 is 4.74 Å². The molecule has 0 bridgehead atoms. The van der Waals surface area contributed by atoms with Crippen LogP contribution >= 0.6 is 0 Å². The zero-order valence-electron chi connectivity index (χ0n) is 27.0. The summed E-state index contributed by atoms with van der Waals surface area (Å²) in [6.45, 7) is 16.6. The smallest absolute Gasteiger partial charge is 0.312 e. The molecule has 3 saturated carbocycles. The van der Waals surface area contributed by atoms with Gasteiger partial charge in [0.25, 0.3) is 0 Å². The predicted molar refractivity (Wildman–Crippen MR) is 166 cm³/mol. The van der Waals surface area contributed by atoms with Crippen molar-refractivity contribution in [3.63, 3.8) is 0 Å². The van der Waals surface area contributed by atoms with E-state index in [1.54, 1.807) is 7.11 Å². The van der Waals surface area contributed by atoms with Crippen molar-refractivity contribution in [3.05, 3.63) is 53.1 Å². The topological polar surface area (TPSA) is 67.2 Å². The Hall–Kier alpha value is -2.67. The molecule has 4 nitrogen and oxygen atoms in total. The minimum Gasteiger partial charge on any atom is -0.469 e. The third-order valence-corrected chi connectivity index (χ3v) is 13.9. The highest BCUT2D eigenvalue weighted by Crippen LogP contribution is 2.75. The van der Waals surface area contributed by atoms with Crippen LogP contribution in [0.5, 0.6) is 0 Å². The molecule has 5 aliphatic carbocycles. The van der Waals surface area contributed by atoms with Crippen LogP contribution in [0.1, 0.15) is 111 Å². The van der Waals surface area contributed by atoms with Gasteiger partial charge in [0.15, 0.2) is 5.78 Å². The molecule has 6 rings (SSSR count). The van der Waals surface area contributed by atoms with Crippen molar-refractivity contribution in [1.82, 2.24) is 0 Å². The average Bonchev–Trinajstić information content (AvgIpc) is 2.95. The van der Waals surface area contributed by atoms with Gasteiger partial charge in [-0.05, 0) is 108 Å². The molecule has 0 aromatic heterocycles. The second kappa shape index (κ2) is 9.17. The monoisotopic (exact) mass is 567 g/mol. The molecule has 0 radical (unpaired) electrons. The SMILES string of the molecule is COC(=O)[C@]12CCC(C)(C)C[C@H]1C1=CC[C@@H]3[C@@]4(C)C=C(c5ccc(C#N)cc5)C(=O)C(C)(C)[C@@H]4CC[C@@]3(C)[C@]1(C)CC2. The fourth-order valence-electron chi connectivity index (χ4n) is 11.3. The van der Waals surface area contributed by atoms with Gasteiger partial charge >= 0.3 is 5.97 Å². The number of hydrogen-bond donors (Lipinski definition) is 0. The van der Waals surface area contributed by atoms with Crippen LogP contribution in [0.2, 0.25) is 0 Å². The summed E-state index contributed by atoms with van der Waals surface area (Å²) in [4.78, 5) is 27.6. The summed E-state index contributed by atoms with van der Waals surface area (Å²) in [5.74, 6) is 1.10. The first-order valence-corrected chi connectivity index (χ1v) is 16.2. The average molecular weight is 568 g/mol. The summed E-state index contributed by atoms with van der Waals surface area (Å²) >= 11 is 0. The summed E-state index contributed by atoms with van der Waals surface area (Å²) in [5, 5.41) is 9.34. The highest BCUT2D eigenvalue weighted by molar-refractivity contribution is 6.24. The van der Waals surface area contributed by atoms with Gasteiger partial charge in [-0.3, -0.25) is 9.59 Å². The van der Waals surface area contributed by atoms with Crippen molar-refractivity contribution in [2.75, 3.05) is 7.11 Å². The number of nitriles is 1. The first-order valence-electron chi connectivity index (χ1n) is 16.2. The normalized spacial score (nSPS) is 41.5. The van der Waals surface area contributed by atoms with Crippen molar-refractivity contribution in [3.8, 4) is 6.07 Å². The minimum absolute atomic E-state index is 0.00330. The summed E-state index contributed by atoms with van der Waals surface area (Å²) in [6.07, 6.45) is 12.9. The molecule has 0 N–H and O–H groups in total. The molecule has 1 aromatic rings. The number of ether oxygens (including phenoxy) is 1. The third kappa shape index (κ3) is 3.70. The standard InChI is InChI=1S/C38H49NO3/c1-33(2)17-19-38(32(41)42-8)20-18-36(6)27(28(38)22-33)13-14-30-35(5)21-26(25-11-9-24(23-39)10-12-25)31(40)34(3,4)29(35)15-16-37(30,36)7/h9-13,21,28-30H,14-20,22H2,1-8H3/t28-,29-,30+,35-,36+,37+,38-/m0/s1. The second-order valence-electron chi connectivity index (χ2n) is 16.5. The Labute approximate surface area is 253 Å². The van der Waals surface area contributed by atoms with E-state index in [0.717, 1.165) is 62.5 Å². The second-order valence-corrected chi connectivity index (χ2v) is 16.5. The van der Waals surface area contributed by atoms with Gasteiger partial charge in [0.1, 0.15) is 0 Å². The lowest BCUT2D eigenvalue weighted by Crippen LogP contribution is -2.64. The summed E-state index contributed by atoms with van der Waals surface area (Å²) in [7, 11) is 1.57. The van der Waals surface area contributed by atoms with E-state index in [9.17, 15) is 14.9 Å². The zero-order chi connectivity index (χ0) is 30.5. The first kappa shape index (κ1) is 29.4. The first-order chi connectivity index (χ1) is 19.6. The molecule has 224 valence electrons. The molecule has 1 aromatic carbocycles. The van der Waals surface area contributed by atoms with Crippen molar-refractivity contribution in [2.45, 2.75) is 99.8 Å². The van der Waals surface area contributed by atoms with Crippen LogP contribution in [-0.4, -0.2) is 18.9 Å². The van der Waals surface area contributed by atoms with E-state index in [0.29, 0.717) is 11.5 Å². The maximum absolute atomic E-state index is 14.1. The Morgan fingerprint density at radius 3 is 2.24 bits per heavy atom. The Morgan fingerprint density at radius 2 is 1.60 bits per heavy atom. The Balaban J connectivity index is 1.48. The number of ketones is 1. The molecule has 42 heavy (non-hydrogen) atoms. The number of rotatable bonds is 2. The fourth-order valence-corrected chi connectivity index (χ4v) is 11.3. The minimum atomic E-state index is -0.473. The molecule has 0 heterocycles. The lowest BCUT2D eigenvalue weighted by atomic mass is 9.34. The van der Waals surface area contributed by atoms with Crippen LogP contribution in [-0.2, 0) is 14.3 Å². The number of benzene rings is 1. The number of hydrogen-bond acceptors (Lipinski definition) is 4. The summed E-state index contributed by atoms with van der Waals surface area (Å²) < 4.78 is 5.53. The molecule has 0 spiro atoms. The quantitative estimate of drug-likeness (QED) is 0.265. The van der Waals surface area contributed by atoms with E-state index in [4.69, 9.17) is 4.74 Å². The van der Waals surface area contributed by atoms with E-state index in [1.165, 1.54) is 5.57 Å². The summed E-state index contributed by atoms with van der Waals surface area (Å²) in [6, 6.07) is 9.76. The number of allylic oxidation sites excluding steroid dienone is 4. The lowest BCUT2D eigenvalue weighted by molar-refractivity contribution is -0.176. The molecule has 7 atom stereocenters. The van der Waals surface area contributed by atoms with Gasteiger partial charge in [-0.1, -0.05) is 78.3 Å². The molecule has 4 heteroatoms. The molecule has 3 fully saturated rings. The van der Waals surface area contributed by atoms with Crippen LogP contribution in [0, 0.1) is 61.6 Å². The molecular formula is C38H49NO3. The Kier molecular flexibility index (Phi) is 6.42. The van der Waals surface area contributed by atoms with E-state index >= 15 is 0 Å². The van der Waals surface area contributed by atoms with Gasteiger partial charge in [-0.2, -0.15) is 5.26 Å². The molecule has 0 unspecified atom stereocenters. The lowest BCUT2D eigenvalue weighted by Gasteiger charge is -2.70. The zero-order valence-corrected chi connectivity index (χ0v) is 27.0. The van der Waals surface area contributed by atoms with E-state index < -0.39 is 10.8 Å². The highest BCUT2D eigenvalue weighted by atomic mass is 16.5. The number of esters is 1. The third-order valence-electron chi connectivity index (χ3n) is 13.9. The number of nitrogens with zero attached hydrogens (tertiary/aromatic N) is 1. The maximum Gasteiger partial charge on any atom is 0.312 e. The predicted octanol–water partition coefficient (Wildman–Crippen LogP) is 8.71. The van der Waals surface area contributed by atoms with Crippen molar-refractivity contribution in [1.29, 1.82) is 5.26 Å². The van der Waals surface area contributed by atoms with Gasteiger partial charge in [-0.25, -0.2) is 0 Å². The van der Waals surface area contributed by atoms with E-state index in [1.807, 2.05) is 24.3 Å². The molecule has 0 amide bonds. The Bertz CT molecular complexity index is 1440. The van der Waals surface area contributed by atoms with Crippen LogP contribution in [0.15, 0.2) is 42.0 Å². The molecular weight excluding hydrogens is 518 g/mol. The van der Waals surface area contributed by atoms with Crippen LogP contribution in [0.25, 0.3) is 5.57 Å². The fraction of sp³-hybridized carbons (Fsp3) is 0.658. The van der Waals surface area contributed by atoms with Crippen LogP contribution < -0.4 is 0 Å². The number of fused-ring (bicyclic) bond motifs is 7. The van der Waals surface area contributed by atoms with Crippen LogP contribution in [0.3, 0.4) is 0 Å². The van der Waals surface area contributed by atoms with Crippen molar-refractivity contribution >= 4 is 17.3 Å². The van der Waals surface area contributed by atoms with Gasteiger partial charge in [0.05, 0.1) is 24.2 Å². The number of Topliss-reactive ketones (excluding diaryl/α,β-unsaturated/α-hetero) is 1. The van der Waals surface area contributed by atoms with Gasteiger partial charge in [0.2, 0.25) is 0 Å². The van der Waals surface area contributed by atoms with Crippen LogP contribution in [0.4, 0.5) is 0 Å². The van der Waals surface area contributed by atoms with E-state index in [-0.39, 0.29) is 45.2 Å². The number of carbonyl (C=O) groups is 2.